The molecule has 0 N–H and O–H groups in total. The van der Waals surface area contributed by atoms with Crippen molar-refractivity contribution in [1.82, 2.24) is 4.31 Å². The third kappa shape index (κ3) is 3.19. The Labute approximate surface area is 148 Å². The van der Waals surface area contributed by atoms with Gasteiger partial charge in [0.1, 0.15) is 4.21 Å². The van der Waals surface area contributed by atoms with Crippen LogP contribution in [0.4, 0.5) is 0 Å². The fraction of sp³-hybridized carbons (Fsp3) is 0.467. The van der Waals surface area contributed by atoms with Crippen LogP contribution in [0.15, 0.2) is 31.6 Å². The Hall–Kier alpha value is -0.210. The molecule has 3 heterocycles. The van der Waals surface area contributed by atoms with Crippen LogP contribution in [0.25, 0.3) is 0 Å². The molecule has 1 atom stereocenters. The van der Waals surface area contributed by atoms with Crippen molar-refractivity contribution in [3.8, 4) is 0 Å². The monoisotopic (exact) mass is 419 g/mol. The molecule has 0 unspecified atom stereocenters. The van der Waals surface area contributed by atoms with E-state index in [1.165, 1.54) is 21.8 Å². The summed E-state index contributed by atoms with van der Waals surface area (Å²) >= 11 is 6.33. The van der Waals surface area contributed by atoms with Crippen LogP contribution in [0.3, 0.4) is 0 Å². The van der Waals surface area contributed by atoms with Crippen LogP contribution in [0.2, 0.25) is 0 Å². The summed E-state index contributed by atoms with van der Waals surface area (Å²) in [6.07, 6.45) is 4.03. The zero-order chi connectivity index (χ0) is 15.7. The Balaban J connectivity index is 2.02. The van der Waals surface area contributed by atoms with Gasteiger partial charge in [0.05, 0.1) is 9.83 Å². The van der Waals surface area contributed by atoms with Crippen molar-refractivity contribution in [2.45, 2.75) is 42.9 Å². The summed E-state index contributed by atoms with van der Waals surface area (Å²) in [6.45, 7) is 2.68. The van der Waals surface area contributed by atoms with E-state index in [-0.39, 0.29) is 6.04 Å². The molecule has 0 radical (unpaired) electrons. The molecule has 7 heteroatoms. The zero-order valence-electron chi connectivity index (χ0n) is 12.3. The first-order valence-electron chi connectivity index (χ1n) is 7.31. The quantitative estimate of drug-likeness (QED) is 0.686. The summed E-state index contributed by atoms with van der Waals surface area (Å²) in [5, 5.41) is 2.06. The van der Waals surface area contributed by atoms with Gasteiger partial charge in [-0.05, 0) is 64.8 Å². The first-order chi connectivity index (χ1) is 10.5. The Bertz CT molecular complexity index is 750. The lowest BCUT2D eigenvalue weighted by molar-refractivity contribution is 0.333. The van der Waals surface area contributed by atoms with Gasteiger partial charge in [0.25, 0.3) is 10.0 Å². The predicted molar refractivity (Wildman–Crippen MR) is 96.2 cm³/mol. The van der Waals surface area contributed by atoms with Crippen LogP contribution >= 0.6 is 38.6 Å². The van der Waals surface area contributed by atoms with Gasteiger partial charge in [0.2, 0.25) is 0 Å². The minimum atomic E-state index is -3.43. The summed E-state index contributed by atoms with van der Waals surface area (Å²) in [5.74, 6) is 0. The highest BCUT2D eigenvalue weighted by Gasteiger charge is 2.35. The third-order valence-corrected chi connectivity index (χ3v) is 9.14. The van der Waals surface area contributed by atoms with Gasteiger partial charge in [-0.1, -0.05) is 12.8 Å². The average molecular weight is 420 g/mol. The molecule has 0 aliphatic carbocycles. The third-order valence-electron chi connectivity index (χ3n) is 4.02. The van der Waals surface area contributed by atoms with E-state index in [0.717, 1.165) is 29.5 Å². The molecule has 2 aromatic rings. The first kappa shape index (κ1) is 16.6. The molecule has 1 aliphatic rings. The number of halogens is 1. The van der Waals surface area contributed by atoms with E-state index in [1.807, 2.05) is 0 Å². The lowest BCUT2D eigenvalue weighted by Crippen LogP contribution is -2.34. The van der Waals surface area contributed by atoms with Gasteiger partial charge in [0.15, 0.2) is 0 Å². The van der Waals surface area contributed by atoms with Crippen molar-refractivity contribution < 1.29 is 8.42 Å². The standard InChI is InChI=1S/C15H18BrNO2S3/c1-11-8-10-20-15(11)12-5-3-2-4-9-17(12)22(18,19)14-7-6-13(16)21-14/h6-8,10,12H,2-5,9H2,1H3/t12-/m1/s1. The van der Waals surface area contributed by atoms with Crippen LogP contribution in [-0.2, 0) is 10.0 Å². The van der Waals surface area contributed by atoms with E-state index >= 15 is 0 Å². The fourth-order valence-electron chi connectivity index (χ4n) is 2.91. The molecule has 1 fully saturated rings. The molecule has 22 heavy (non-hydrogen) atoms. The topological polar surface area (TPSA) is 37.4 Å². The van der Waals surface area contributed by atoms with Gasteiger partial charge in [-0.3, -0.25) is 0 Å². The van der Waals surface area contributed by atoms with Gasteiger partial charge < -0.3 is 0 Å². The molecule has 1 aliphatic heterocycles. The number of sulfonamides is 1. The van der Waals surface area contributed by atoms with Gasteiger partial charge in [-0.2, -0.15) is 4.31 Å². The molecule has 0 aromatic carbocycles. The molecule has 2 aromatic heterocycles. The second-order valence-electron chi connectivity index (χ2n) is 5.51. The Kier molecular flexibility index (Phi) is 5.09. The van der Waals surface area contributed by atoms with Crippen LogP contribution in [-0.4, -0.2) is 19.3 Å². The molecule has 0 bridgehead atoms. The molecular weight excluding hydrogens is 402 g/mol. The molecule has 3 nitrogen and oxygen atoms in total. The maximum Gasteiger partial charge on any atom is 0.253 e. The number of thiophene rings is 2. The van der Waals surface area contributed by atoms with E-state index in [9.17, 15) is 8.42 Å². The van der Waals surface area contributed by atoms with Gasteiger partial charge in [-0.15, -0.1) is 22.7 Å². The van der Waals surface area contributed by atoms with Crippen LogP contribution in [0.5, 0.6) is 0 Å². The fourth-order valence-corrected chi connectivity index (χ4v) is 7.86. The molecule has 120 valence electrons. The summed E-state index contributed by atoms with van der Waals surface area (Å²) in [6, 6.07) is 5.57. The summed E-state index contributed by atoms with van der Waals surface area (Å²) in [4.78, 5) is 1.20. The number of rotatable bonds is 3. The highest BCUT2D eigenvalue weighted by atomic mass is 79.9. The van der Waals surface area contributed by atoms with E-state index in [4.69, 9.17) is 0 Å². The highest BCUT2D eigenvalue weighted by Crippen LogP contribution is 2.40. The van der Waals surface area contributed by atoms with Crippen molar-refractivity contribution in [1.29, 1.82) is 0 Å². The summed E-state index contributed by atoms with van der Waals surface area (Å²) in [7, 11) is -3.43. The zero-order valence-corrected chi connectivity index (χ0v) is 16.3. The first-order valence-corrected chi connectivity index (χ1v) is 11.2. The van der Waals surface area contributed by atoms with Gasteiger partial charge in [0, 0.05) is 11.4 Å². The second-order valence-corrected chi connectivity index (χ2v) is 11.0. The largest absolute Gasteiger partial charge is 0.253 e. The van der Waals surface area contributed by atoms with Crippen LogP contribution in [0.1, 0.15) is 42.2 Å². The number of nitrogens with zero attached hydrogens (tertiary/aromatic N) is 1. The van der Waals surface area contributed by atoms with E-state index in [2.05, 4.69) is 34.3 Å². The number of hydrogen-bond donors (Lipinski definition) is 0. The molecule has 0 amide bonds. The van der Waals surface area contributed by atoms with Crippen molar-refractivity contribution in [2.75, 3.05) is 6.54 Å². The Morgan fingerprint density at radius 3 is 2.68 bits per heavy atom. The lowest BCUT2D eigenvalue weighted by atomic mass is 10.1. The molecule has 3 rings (SSSR count). The van der Waals surface area contributed by atoms with Crippen molar-refractivity contribution in [3.05, 3.63) is 37.8 Å². The van der Waals surface area contributed by atoms with Crippen molar-refractivity contribution >= 4 is 48.6 Å². The highest BCUT2D eigenvalue weighted by molar-refractivity contribution is 9.11. The Morgan fingerprint density at radius 1 is 1.23 bits per heavy atom. The van der Waals surface area contributed by atoms with Crippen LogP contribution in [0, 0.1) is 6.92 Å². The SMILES string of the molecule is Cc1ccsc1[C@H]1CCCCCN1S(=O)(=O)c1ccc(Br)s1. The van der Waals surface area contributed by atoms with Crippen LogP contribution < -0.4 is 0 Å². The van der Waals surface area contributed by atoms with Gasteiger partial charge >= 0.3 is 0 Å². The van der Waals surface area contributed by atoms with Crippen molar-refractivity contribution in [2.24, 2.45) is 0 Å². The Morgan fingerprint density at radius 2 is 2.05 bits per heavy atom. The molecular formula is C15H18BrNO2S3. The smallest absolute Gasteiger partial charge is 0.206 e. The molecule has 0 spiro atoms. The maximum atomic E-state index is 13.1. The second kappa shape index (κ2) is 6.73. The summed E-state index contributed by atoms with van der Waals surface area (Å²) < 4.78 is 29.2. The maximum absolute atomic E-state index is 13.1. The van der Waals surface area contributed by atoms with E-state index in [0.29, 0.717) is 10.8 Å². The number of hydrogen-bond acceptors (Lipinski definition) is 4. The van der Waals surface area contributed by atoms with E-state index < -0.39 is 10.0 Å². The minimum Gasteiger partial charge on any atom is -0.206 e. The van der Waals surface area contributed by atoms with Crippen molar-refractivity contribution in [3.63, 3.8) is 0 Å². The lowest BCUT2D eigenvalue weighted by Gasteiger charge is -2.28. The number of aryl methyl sites for hydroxylation is 1. The molecule has 0 saturated carbocycles. The van der Waals surface area contributed by atoms with E-state index in [1.54, 1.807) is 27.8 Å². The molecule has 1 saturated heterocycles. The van der Waals surface area contributed by atoms with Gasteiger partial charge in [-0.25, -0.2) is 8.42 Å². The average Bonchev–Trinajstić information content (AvgIpc) is 3.01. The predicted octanol–water partition coefficient (Wildman–Crippen LogP) is 5.19. The normalized spacial score (nSPS) is 20.9. The summed E-state index contributed by atoms with van der Waals surface area (Å²) in [5.41, 5.74) is 1.20. The minimum absolute atomic E-state index is 0.0200.